The number of hydrogen-bond donors (Lipinski definition) is 0. The first-order chi connectivity index (χ1) is 14.0. The first kappa shape index (κ1) is 18.5. The summed E-state index contributed by atoms with van der Waals surface area (Å²) in [6.45, 7) is 1.51. The second-order valence-electron chi connectivity index (χ2n) is 7.48. The fraction of sp³-hybridized carbons (Fsp3) is 0.333. The lowest BCUT2D eigenvalue weighted by Crippen LogP contribution is -2.44. The molecular formula is C21H19ClFN3O3. The van der Waals surface area contributed by atoms with Crippen LogP contribution >= 0.6 is 11.6 Å². The molecule has 2 aromatic rings. The van der Waals surface area contributed by atoms with E-state index in [1.54, 1.807) is 7.11 Å². The van der Waals surface area contributed by atoms with Gasteiger partial charge in [-0.1, -0.05) is 23.7 Å². The summed E-state index contributed by atoms with van der Waals surface area (Å²) in [4.78, 5) is 27.8. The lowest BCUT2D eigenvalue weighted by Gasteiger charge is -2.29. The minimum Gasteiger partial charge on any atom is -0.497 e. The molecule has 0 N–H and O–H groups in total. The van der Waals surface area contributed by atoms with Crippen molar-refractivity contribution < 1.29 is 18.7 Å². The van der Waals surface area contributed by atoms with Crippen LogP contribution < -0.4 is 9.64 Å². The lowest BCUT2D eigenvalue weighted by atomic mass is 9.90. The second kappa shape index (κ2) is 6.79. The van der Waals surface area contributed by atoms with E-state index in [0.29, 0.717) is 0 Å². The van der Waals surface area contributed by atoms with Crippen LogP contribution in [0.2, 0.25) is 5.02 Å². The minimum absolute atomic E-state index is 0.0464. The molecule has 0 saturated carbocycles. The first-order valence-electron chi connectivity index (χ1n) is 9.51. The summed E-state index contributed by atoms with van der Waals surface area (Å²) < 4.78 is 19.2. The van der Waals surface area contributed by atoms with Crippen LogP contribution in [-0.2, 0) is 9.59 Å². The van der Waals surface area contributed by atoms with Crippen molar-refractivity contribution in [2.45, 2.75) is 18.5 Å². The smallest absolute Gasteiger partial charge is 0.253 e. The van der Waals surface area contributed by atoms with Gasteiger partial charge in [-0.05, 0) is 42.3 Å². The molecule has 0 unspecified atom stereocenters. The molecule has 3 saturated heterocycles. The molecule has 0 aromatic heterocycles. The highest BCUT2D eigenvalue weighted by Crippen LogP contribution is 2.49. The maximum absolute atomic E-state index is 14.0. The van der Waals surface area contributed by atoms with Crippen molar-refractivity contribution in [2.75, 3.05) is 25.1 Å². The third-order valence-electron chi connectivity index (χ3n) is 6.02. The SMILES string of the molecule is COc1ccc([C@H]2[C@H]3C(=O)N(c4ccc(Cl)c(F)c4)C(=O)[C@@H]3N3CCCN23)cc1. The molecule has 5 rings (SSSR count). The number of methoxy groups -OCH3 is 1. The van der Waals surface area contributed by atoms with E-state index in [4.69, 9.17) is 16.3 Å². The van der Waals surface area contributed by atoms with Gasteiger partial charge in [0.1, 0.15) is 17.6 Å². The standard InChI is InChI=1S/C21H19ClFN3O3/c1-29-14-6-3-12(4-7-14)18-17-19(25-10-2-9-24(18)25)21(28)26(20(17)27)13-5-8-15(22)16(23)11-13/h3-8,11,17-19H,2,9-10H2,1H3/t17-,18+,19-/m1/s1. The van der Waals surface area contributed by atoms with Gasteiger partial charge in [-0.2, -0.15) is 0 Å². The van der Waals surface area contributed by atoms with Crippen LogP contribution in [0.15, 0.2) is 42.5 Å². The number of anilines is 1. The molecule has 3 aliphatic rings. The Bertz CT molecular complexity index is 999. The number of rotatable bonds is 3. The number of carbonyl (C=O) groups excluding carboxylic acids is 2. The summed E-state index contributed by atoms with van der Waals surface area (Å²) in [6, 6.07) is 10.8. The van der Waals surface area contributed by atoms with Crippen LogP contribution in [0.5, 0.6) is 5.75 Å². The van der Waals surface area contributed by atoms with E-state index >= 15 is 0 Å². The van der Waals surface area contributed by atoms with E-state index in [1.807, 2.05) is 29.3 Å². The van der Waals surface area contributed by atoms with E-state index in [0.717, 1.165) is 41.8 Å². The van der Waals surface area contributed by atoms with Crippen molar-refractivity contribution >= 4 is 29.1 Å². The third-order valence-corrected chi connectivity index (χ3v) is 6.33. The molecule has 0 radical (unpaired) electrons. The van der Waals surface area contributed by atoms with Crippen LogP contribution in [0.3, 0.4) is 0 Å². The van der Waals surface area contributed by atoms with Gasteiger partial charge in [0.15, 0.2) is 0 Å². The Hall–Kier alpha value is -2.48. The second-order valence-corrected chi connectivity index (χ2v) is 7.89. The monoisotopic (exact) mass is 415 g/mol. The molecule has 2 amide bonds. The largest absolute Gasteiger partial charge is 0.497 e. The molecule has 3 heterocycles. The summed E-state index contributed by atoms with van der Waals surface area (Å²) in [5, 5.41) is 4.09. The van der Waals surface area contributed by atoms with Crippen LogP contribution in [0, 0.1) is 11.7 Å². The summed E-state index contributed by atoms with van der Waals surface area (Å²) in [7, 11) is 1.60. The maximum atomic E-state index is 14.0. The highest BCUT2D eigenvalue weighted by molar-refractivity contribution is 6.31. The molecule has 6 nitrogen and oxygen atoms in total. The number of hydrogen-bond acceptors (Lipinski definition) is 5. The molecule has 0 bridgehead atoms. The topological polar surface area (TPSA) is 53.1 Å². The predicted octanol–water partition coefficient (Wildman–Crippen LogP) is 3.02. The number of halogens is 2. The zero-order chi connectivity index (χ0) is 20.3. The van der Waals surface area contributed by atoms with Gasteiger partial charge in [0, 0.05) is 13.1 Å². The number of carbonyl (C=O) groups is 2. The molecule has 3 atom stereocenters. The van der Waals surface area contributed by atoms with Gasteiger partial charge >= 0.3 is 0 Å². The highest BCUT2D eigenvalue weighted by atomic mass is 35.5. The van der Waals surface area contributed by atoms with E-state index in [-0.39, 0.29) is 28.6 Å². The lowest BCUT2D eigenvalue weighted by molar-refractivity contribution is -0.126. The average Bonchev–Trinajstić information content (AvgIpc) is 3.37. The van der Waals surface area contributed by atoms with E-state index in [9.17, 15) is 14.0 Å². The van der Waals surface area contributed by atoms with Crippen molar-refractivity contribution in [2.24, 2.45) is 5.92 Å². The first-order valence-corrected chi connectivity index (χ1v) is 9.89. The van der Waals surface area contributed by atoms with Crippen molar-refractivity contribution in [3.8, 4) is 5.75 Å². The van der Waals surface area contributed by atoms with Crippen molar-refractivity contribution in [1.82, 2.24) is 10.0 Å². The normalized spacial score (nSPS) is 26.9. The van der Waals surface area contributed by atoms with Crippen LogP contribution in [0.4, 0.5) is 10.1 Å². The number of fused-ring (bicyclic) bond motifs is 3. The Balaban J connectivity index is 1.56. The van der Waals surface area contributed by atoms with Gasteiger partial charge in [-0.3, -0.25) is 9.59 Å². The molecule has 150 valence electrons. The van der Waals surface area contributed by atoms with Crippen molar-refractivity contribution in [1.29, 1.82) is 0 Å². The van der Waals surface area contributed by atoms with Gasteiger partial charge in [0.05, 0.1) is 29.8 Å². The van der Waals surface area contributed by atoms with E-state index in [1.165, 1.54) is 12.1 Å². The Morgan fingerprint density at radius 1 is 1.00 bits per heavy atom. The quantitative estimate of drug-likeness (QED) is 0.721. The van der Waals surface area contributed by atoms with Crippen molar-refractivity contribution in [3.63, 3.8) is 0 Å². The van der Waals surface area contributed by atoms with Gasteiger partial charge in [0.25, 0.3) is 5.91 Å². The minimum atomic E-state index is -0.656. The van der Waals surface area contributed by atoms with Gasteiger partial charge < -0.3 is 4.74 Å². The zero-order valence-corrected chi connectivity index (χ0v) is 16.5. The van der Waals surface area contributed by atoms with Gasteiger partial charge in [-0.15, -0.1) is 0 Å². The predicted molar refractivity (Wildman–Crippen MR) is 105 cm³/mol. The fourth-order valence-corrected chi connectivity index (χ4v) is 4.91. The number of hydrazine groups is 1. The molecule has 8 heteroatoms. The molecule has 3 aliphatic heterocycles. The van der Waals surface area contributed by atoms with E-state index < -0.39 is 17.8 Å². The van der Waals surface area contributed by atoms with Gasteiger partial charge in [0.2, 0.25) is 5.91 Å². The molecule has 29 heavy (non-hydrogen) atoms. The number of ether oxygens (including phenoxy) is 1. The number of amides is 2. The Kier molecular flexibility index (Phi) is 4.34. The summed E-state index contributed by atoms with van der Waals surface area (Å²) in [6.07, 6.45) is 0.924. The zero-order valence-electron chi connectivity index (χ0n) is 15.7. The number of benzene rings is 2. The maximum Gasteiger partial charge on any atom is 0.253 e. The van der Waals surface area contributed by atoms with Crippen LogP contribution in [0.1, 0.15) is 18.0 Å². The van der Waals surface area contributed by atoms with Crippen LogP contribution in [0.25, 0.3) is 0 Å². The van der Waals surface area contributed by atoms with Crippen molar-refractivity contribution in [3.05, 3.63) is 58.9 Å². The number of nitrogens with zero attached hydrogens (tertiary/aromatic N) is 3. The summed E-state index contributed by atoms with van der Waals surface area (Å²) >= 11 is 5.77. The van der Waals surface area contributed by atoms with E-state index in [2.05, 4.69) is 5.01 Å². The number of imide groups is 1. The Morgan fingerprint density at radius 2 is 1.69 bits per heavy atom. The molecule has 0 spiro atoms. The average molecular weight is 416 g/mol. The fourth-order valence-electron chi connectivity index (χ4n) is 4.79. The third kappa shape index (κ3) is 2.68. The molecular weight excluding hydrogens is 397 g/mol. The molecule has 2 aromatic carbocycles. The molecule has 3 fully saturated rings. The van der Waals surface area contributed by atoms with Crippen LogP contribution in [-0.4, -0.2) is 48.1 Å². The Morgan fingerprint density at radius 3 is 2.34 bits per heavy atom. The highest BCUT2D eigenvalue weighted by Gasteiger charge is 2.62. The Labute approximate surface area is 172 Å². The summed E-state index contributed by atoms with van der Waals surface area (Å²) in [5.74, 6) is -1.10. The summed E-state index contributed by atoms with van der Waals surface area (Å²) in [5.41, 5.74) is 1.17. The van der Waals surface area contributed by atoms with Gasteiger partial charge in [-0.25, -0.2) is 19.3 Å². The molecule has 0 aliphatic carbocycles.